The summed E-state index contributed by atoms with van der Waals surface area (Å²) in [6.07, 6.45) is 2.48. The van der Waals surface area contributed by atoms with Crippen molar-refractivity contribution in [2.75, 3.05) is 13.2 Å². The van der Waals surface area contributed by atoms with E-state index in [4.69, 9.17) is 9.47 Å². The first kappa shape index (κ1) is 22.6. The molecule has 158 valence electrons. The Balaban J connectivity index is 1.66. The van der Waals surface area contributed by atoms with Gasteiger partial charge in [-0.3, -0.25) is 9.59 Å². The van der Waals surface area contributed by atoms with E-state index in [-0.39, 0.29) is 13.2 Å². The van der Waals surface area contributed by atoms with Gasteiger partial charge < -0.3 is 9.47 Å². The monoisotopic (exact) mass is 410 g/mol. The summed E-state index contributed by atoms with van der Waals surface area (Å²) in [6, 6.07) is 11.5. The van der Waals surface area contributed by atoms with Crippen LogP contribution in [0.15, 0.2) is 46.6 Å². The lowest BCUT2D eigenvalue weighted by molar-refractivity contribution is -0.123. The molecule has 0 bridgehead atoms. The van der Waals surface area contributed by atoms with E-state index < -0.39 is 11.8 Å². The van der Waals surface area contributed by atoms with E-state index in [1.807, 2.05) is 64.1 Å². The number of rotatable bonds is 9. The minimum Gasteiger partial charge on any atom is -0.483 e. The molecule has 0 radical (unpaired) electrons. The molecule has 0 aliphatic carbocycles. The zero-order valence-electron chi connectivity index (χ0n) is 17.6. The molecule has 2 rings (SSSR count). The fourth-order valence-corrected chi connectivity index (χ4v) is 2.36. The van der Waals surface area contributed by atoms with E-state index in [0.29, 0.717) is 11.5 Å². The van der Waals surface area contributed by atoms with Crippen molar-refractivity contribution in [3.63, 3.8) is 0 Å². The third-order valence-electron chi connectivity index (χ3n) is 4.00. The second kappa shape index (κ2) is 11.4. The van der Waals surface area contributed by atoms with Crippen LogP contribution < -0.4 is 20.3 Å². The highest BCUT2D eigenvalue weighted by Crippen LogP contribution is 2.19. The van der Waals surface area contributed by atoms with Crippen molar-refractivity contribution in [2.24, 2.45) is 10.2 Å². The van der Waals surface area contributed by atoms with Gasteiger partial charge in [0.25, 0.3) is 11.8 Å². The third kappa shape index (κ3) is 7.75. The number of carbonyl (C=O) groups excluding carboxylic acids is 2. The molecule has 8 nitrogen and oxygen atoms in total. The molecular formula is C22H26N4O4. The molecule has 0 saturated heterocycles. The first-order valence-corrected chi connectivity index (χ1v) is 9.37. The number of nitrogens with zero attached hydrogens (tertiary/aromatic N) is 2. The van der Waals surface area contributed by atoms with Crippen molar-refractivity contribution in [3.8, 4) is 11.5 Å². The summed E-state index contributed by atoms with van der Waals surface area (Å²) in [5.74, 6) is 0.487. The lowest BCUT2D eigenvalue weighted by Crippen LogP contribution is -2.25. The molecule has 0 aliphatic rings. The Kier molecular flexibility index (Phi) is 8.56. The van der Waals surface area contributed by atoms with Crippen LogP contribution in [-0.4, -0.2) is 37.5 Å². The molecule has 2 amide bonds. The quantitative estimate of drug-likeness (QED) is 0.490. The van der Waals surface area contributed by atoms with Crippen molar-refractivity contribution < 1.29 is 19.1 Å². The van der Waals surface area contributed by atoms with E-state index in [9.17, 15) is 9.59 Å². The number of benzene rings is 2. The van der Waals surface area contributed by atoms with Crippen molar-refractivity contribution >= 4 is 24.2 Å². The van der Waals surface area contributed by atoms with Gasteiger partial charge in [0.1, 0.15) is 11.5 Å². The topological polar surface area (TPSA) is 101 Å². The van der Waals surface area contributed by atoms with Crippen LogP contribution in [0.5, 0.6) is 11.5 Å². The normalized spacial score (nSPS) is 10.9. The summed E-state index contributed by atoms with van der Waals surface area (Å²) < 4.78 is 11.0. The van der Waals surface area contributed by atoms with Crippen LogP contribution in [0.2, 0.25) is 0 Å². The minimum absolute atomic E-state index is 0.161. The summed E-state index contributed by atoms with van der Waals surface area (Å²) in [4.78, 5) is 23.5. The Bertz CT molecular complexity index is 877. The van der Waals surface area contributed by atoms with Crippen LogP contribution in [0.3, 0.4) is 0 Å². The summed E-state index contributed by atoms with van der Waals surface area (Å²) in [5, 5.41) is 7.40. The van der Waals surface area contributed by atoms with Crippen LogP contribution in [0, 0.1) is 27.7 Å². The van der Waals surface area contributed by atoms with Crippen molar-refractivity contribution in [3.05, 3.63) is 58.7 Å². The Hall–Kier alpha value is -3.68. The number of ether oxygens (including phenoxy) is 2. The van der Waals surface area contributed by atoms with Gasteiger partial charge in [-0.05, 0) is 62.1 Å². The van der Waals surface area contributed by atoms with E-state index in [1.54, 1.807) is 0 Å². The number of nitrogens with one attached hydrogen (secondary N) is 2. The second-order valence-corrected chi connectivity index (χ2v) is 6.74. The van der Waals surface area contributed by atoms with E-state index >= 15 is 0 Å². The zero-order chi connectivity index (χ0) is 21.9. The van der Waals surface area contributed by atoms with Crippen LogP contribution in [-0.2, 0) is 9.59 Å². The predicted molar refractivity (Wildman–Crippen MR) is 116 cm³/mol. The molecule has 8 heteroatoms. The van der Waals surface area contributed by atoms with Gasteiger partial charge in [-0.1, -0.05) is 24.3 Å². The first-order valence-electron chi connectivity index (χ1n) is 9.37. The Morgan fingerprint density at radius 3 is 1.57 bits per heavy atom. The molecule has 0 saturated carbocycles. The molecule has 30 heavy (non-hydrogen) atoms. The highest BCUT2D eigenvalue weighted by atomic mass is 16.5. The number of hydrazone groups is 2. The van der Waals surface area contributed by atoms with Gasteiger partial charge in [0, 0.05) is 0 Å². The Morgan fingerprint density at radius 2 is 1.17 bits per heavy atom. The van der Waals surface area contributed by atoms with Crippen LogP contribution in [0.25, 0.3) is 0 Å². The lowest BCUT2D eigenvalue weighted by Gasteiger charge is -2.08. The SMILES string of the molecule is Cc1ccc(C)c(OCC(=O)N/N=C\C=N\NC(=O)COc2cc(C)ccc2C)c1. The van der Waals surface area contributed by atoms with E-state index in [2.05, 4.69) is 21.1 Å². The molecule has 2 aromatic rings. The van der Waals surface area contributed by atoms with Crippen LogP contribution in [0.1, 0.15) is 22.3 Å². The summed E-state index contributed by atoms with van der Waals surface area (Å²) >= 11 is 0. The maximum Gasteiger partial charge on any atom is 0.277 e. The fraction of sp³-hybridized carbons (Fsp3) is 0.273. The standard InChI is InChI=1S/C22H26N4O4/c1-15-5-7-17(3)19(11-15)29-13-21(27)25-23-9-10-24-26-22(28)14-30-20-12-16(2)6-8-18(20)4/h5-12H,13-14H2,1-4H3,(H,25,27)(H,26,28)/b23-9-,24-10+. The highest BCUT2D eigenvalue weighted by Gasteiger charge is 2.05. The van der Waals surface area contributed by atoms with Gasteiger partial charge in [0.05, 0.1) is 12.4 Å². The molecule has 0 heterocycles. The highest BCUT2D eigenvalue weighted by molar-refractivity contribution is 6.16. The number of amides is 2. The first-order chi connectivity index (χ1) is 14.3. The van der Waals surface area contributed by atoms with Gasteiger partial charge in [0.15, 0.2) is 13.2 Å². The molecular weight excluding hydrogens is 384 g/mol. The molecule has 0 fully saturated rings. The van der Waals surface area contributed by atoms with Crippen LogP contribution in [0.4, 0.5) is 0 Å². The van der Waals surface area contributed by atoms with Gasteiger partial charge in [-0.25, -0.2) is 10.9 Å². The van der Waals surface area contributed by atoms with Crippen molar-refractivity contribution in [1.29, 1.82) is 0 Å². The van der Waals surface area contributed by atoms with Gasteiger partial charge in [-0.2, -0.15) is 10.2 Å². The molecule has 2 aromatic carbocycles. The Labute approximate surface area is 176 Å². The maximum absolute atomic E-state index is 11.7. The molecule has 0 aromatic heterocycles. The molecule has 2 N–H and O–H groups in total. The number of carbonyl (C=O) groups is 2. The Morgan fingerprint density at radius 1 is 0.767 bits per heavy atom. The maximum atomic E-state index is 11.7. The average Bonchev–Trinajstić information content (AvgIpc) is 2.71. The van der Waals surface area contributed by atoms with Crippen molar-refractivity contribution in [2.45, 2.75) is 27.7 Å². The number of aryl methyl sites for hydroxylation is 4. The predicted octanol–water partition coefficient (Wildman–Crippen LogP) is 2.58. The third-order valence-corrected chi connectivity index (χ3v) is 4.00. The summed E-state index contributed by atoms with van der Waals surface area (Å²) in [6.45, 7) is 7.39. The smallest absolute Gasteiger partial charge is 0.277 e. The van der Waals surface area contributed by atoms with E-state index in [0.717, 1.165) is 22.3 Å². The second-order valence-electron chi connectivity index (χ2n) is 6.74. The average molecular weight is 410 g/mol. The fourth-order valence-electron chi connectivity index (χ4n) is 2.36. The summed E-state index contributed by atoms with van der Waals surface area (Å²) in [5.41, 5.74) is 8.61. The molecule has 0 spiro atoms. The zero-order valence-corrected chi connectivity index (χ0v) is 17.6. The minimum atomic E-state index is -0.411. The van der Waals surface area contributed by atoms with Gasteiger partial charge in [0.2, 0.25) is 0 Å². The molecule has 0 aliphatic heterocycles. The van der Waals surface area contributed by atoms with Crippen LogP contribution >= 0.6 is 0 Å². The van der Waals surface area contributed by atoms with Crippen molar-refractivity contribution in [1.82, 2.24) is 10.9 Å². The molecule has 0 unspecified atom stereocenters. The lowest BCUT2D eigenvalue weighted by atomic mass is 10.1. The molecule has 0 atom stereocenters. The van der Waals surface area contributed by atoms with E-state index in [1.165, 1.54) is 12.4 Å². The largest absolute Gasteiger partial charge is 0.483 e. The van der Waals surface area contributed by atoms with Gasteiger partial charge in [-0.15, -0.1) is 0 Å². The van der Waals surface area contributed by atoms with Gasteiger partial charge >= 0.3 is 0 Å². The summed E-state index contributed by atoms with van der Waals surface area (Å²) in [7, 11) is 0. The number of hydrogen-bond acceptors (Lipinski definition) is 6. The number of hydrogen-bond donors (Lipinski definition) is 2.